The summed E-state index contributed by atoms with van der Waals surface area (Å²) in [6.07, 6.45) is 3.41. The second-order valence-corrected chi connectivity index (χ2v) is 5.12. The highest BCUT2D eigenvalue weighted by molar-refractivity contribution is 6.36. The van der Waals surface area contributed by atoms with Crippen LogP contribution in [-0.2, 0) is 20.7 Å². The number of pyridine rings is 1. The number of halogens is 2. The first-order valence-corrected chi connectivity index (χ1v) is 7.09. The Kier molecular flexibility index (Phi) is 5.80. The molecule has 0 aliphatic heterocycles. The lowest BCUT2D eigenvalue weighted by atomic mass is 10.2. The zero-order valence-electron chi connectivity index (χ0n) is 11.3. The van der Waals surface area contributed by atoms with E-state index in [-0.39, 0.29) is 17.3 Å². The third kappa shape index (κ3) is 5.05. The number of furan rings is 1. The standard InChI is InChI=1S/C14H12Cl2N2O4/c15-9-6-11(16)14(17-7-9)18-12(19)8-22-13(20)4-3-10-2-1-5-21-10/h1-2,5-7H,3-4,8H2,(H,17,18,19). The first kappa shape index (κ1) is 16.3. The zero-order valence-corrected chi connectivity index (χ0v) is 12.9. The van der Waals surface area contributed by atoms with E-state index in [2.05, 4.69) is 10.3 Å². The molecular weight excluding hydrogens is 331 g/mol. The number of amides is 1. The molecule has 0 spiro atoms. The Morgan fingerprint density at radius 3 is 2.86 bits per heavy atom. The van der Waals surface area contributed by atoms with Gasteiger partial charge in [-0.05, 0) is 18.2 Å². The summed E-state index contributed by atoms with van der Waals surface area (Å²) in [7, 11) is 0. The van der Waals surface area contributed by atoms with Gasteiger partial charge in [-0.25, -0.2) is 4.98 Å². The van der Waals surface area contributed by atoms with Crippen molar-refractivity contribution in [1.29, 1.82) is 0 Å². The Balaban J connectivity index is 1.74. The van der Waals surface area contributed by atoms with Crippen LogP contribution in [0.25, 0.3) is 0 Å². The number of rotatable bonds is 6. The molecule has 2 heterocycles. The predicted octanol–water partition coefficient (Wildman–Crippen LogP) is 3.10. The van der Waals surface area contributed by atoms with Gasteiger partial charge in [-0.15, -0.1) is 0 Å². The van der Waals surface area contributed by atoms with E-state index in [4.69, 9.17) is 32.4 Å². The van der Waals surface area contributed by atoms with Crippen molar-refractivity contribution in [3.05, 3.63) is 46.5 Å². The Morgan fingerprint density at radius 2 is 2.18 bits per heavy atom. The maximum absolute atomic E-state index is 11.6. The van der Waals surface area contributed by atoms with Crippen LogP contribution in [0.1, 0.15) is 12.2 Å². The van der Waals surface area contributed by atoms with E-state index < -0.39 is 18.5 Å². The SMILES string of the molecule is O=C(COC(=O)CCc1ccco1)Nc1ncc(Cl)cc1Cl. The van der Waals surface area contributed by atoms with Crippen molar-refractivity contribution in [2.24, 2.45) is 0 Å². The normalized spacial score (nSPS) is 10.3. The maximum Gasteiger partial charge on any atom is 0.306 e. The Hall–Kier alpha value is -2.05. The van der Waals surface area contributed by atoms with Gasteiger partial charge >= 0.3 is 5.97 Å². The van der Waals surface area contributed by atoms with Crippen LogP contribution >= 0.6 is 23.2 Å². The number of nitrogens with zero attached hydrogens (tertiary/aromatic N) is 1. The molecule has 0 bridgehead atoms. The molecule has 0 aliphatic carbocycles. The molecule has 0 aliphatic rings. The maximum atomic E-state index is 11.6. The van der Waals surface area contributed by atoms with Crippen molar-refractivity contribution in [3.63, 3.8) is 0 Å². The molecule has 116 valence electrons. The first-order chi connectivity index (χ1) is 10.5. The van der Waals surface area contributed by atoms with Crippen LogP contribution in [0, 0.1) is 0 Å². The molecule has 0 saturated carbocycles. The van der Waals surface area contributed by atoms with E-state index >= 15 is 0 Å². The molecule has 0 radical (unpaired) electrons. The summed E-state index contributed by atoms with van der Waals surface area (Å²) in [4.78, 5) is 27.0. The number of anilines is 1. The number of carbonyl (C=O) groups is 2. The highest BCUT2D eigenvalue weighted by Crippen LogP contribution is 2.22. The van der Waals surface area contributed by atoms with Crippen LogP contribution in [0.3, 0.4) is 0 Å². The van der Waals surface area contributed by atoms with Gasteiger partial charge in [0.2, 0.25) is 0 Å². The fourth-order valence-electron chi connectivity index (χ4n) is 1.57. The van der Waals surface area contributed by atoms with Crippen molar-refractivity contribution >= 4 is 40.9 Å². The molecule has 8 heteroatoms. The summed E-state index contributed by atoms with van der Waals surface area (Å²) in [5, 5.41) is 2.98. The fraction of sp³-hybridized carbons (Fsp3) is 0.214. The smallest absolute Gasteiger partial charge is 0.306 e. The summed E-state index contributed by atoms with van der Waals surface area (Å²) >= 11 is 11.6. The van der Waals surface area contributed by atoms with Gasteiger partial charge in [-0.3, -0.25) is 9.59 Å². The molecule has 22 heavy (non-hydrogen) atoms. The van der Waals surface area contributed by atoms with Gasteiger partial charge in [0, 0.05) is 12.6 Å². The van der Waals surface area contributed by atoms with Crippen LogP contribution in [0.5, 0.6) is 0 Å². The molecule has 2 aromatic rings. The molecule has 0 unspecified atom stereocenters. The molecule has 6 nitrogen and oxygen atoms in total. The topological polar surface area (TPSA) is 81.4 Å². The number of nitrogens with one attached hydrogen (secondary N) is 1. The molecule has 0 fully saturated rings. The molecular formula is C14H12Cl2N2O4. The van der Waals surface area contributed by atoms with E-state index in [1.165, 1.54) is 18.5 Å². The molecule has 0 saturated heterocycles. The summed E-state index contributed by atoms with van der Waals surface area (Å²) in [6, 6.07) is 4.94. The lowest BCUT2D eigenvalue weighted by Crippen LogP contribution is -2.21. The van der Waals surface area contributed by atoms with Crippen LogP contribution < -0.4 is 5.32 Å². The van der Waals surface area contributed by atoms with Crippen molar-refractivity contribution in [1.82, 2.24) is 4.98 Å². The van der Waals surface area contributed by atoms with Crippen LogP contribution in [0.4, 0.5) is 5.82 Å². The average Bonchev–Trinajstić information content (AvgIpc) is 2.99. The summed E-state index contributed by atoms with van der Waals surface area (Å²) < 4.78 is 9.94. The van der Waals surface area contributed by atoms with E-state index in [1.807, 2.05) is 0 Å². The van der Waals surface area contributed by atoms with Crippen molar-refractivity contribution in [3.8, 4) is 0 Å². The number of ether oxygens (including phenoxy) is 1. The Labute approximate surface area is 136 Å². The first-order valence-electron chi connectivity index (χ1n) is 6.33. The van der Waals surface area contributed by atoms with E-state index in [0.717, 1.165) is 0 Å². The Bertz CT molecular complexity index is 659. The summed E-state index contributed by atoms with van der Waals surface area (Å²) in [5.74, 6) is -0.203. The number of hydrogen-bond acceptors (Lipinski definition) is 5. The molecule has 2 rings (SSSR count). The van der Waals surface area contributed by atoms with Crippen molar-refractivity contribution in [2.75, 3.05) is 11.9 Å². The second kappa shape index (κ2) is 7.82. The molecule has 0 aromatic carbocycles. The van der Waals surface area contributed by atoms with Gasteiger partial charge in [-0.1, -0.05) is 23.2 Å². The van der Waals surface area contributed by atoms with Gasteiger partial charge in [0.25, 0.3) is 5.91 Å². The second-order valence-electron chi connectivity index (χ2n) is 4.27. The van der Waals surface area contributed by atoms with Crippen LogP contribution in [-0.4, -0.2) is 23.5 Å². The van der Waals surface area contributed by atoms with Gasteiger partial charge in [0.15, 0.2) is 12.4 Å². The van der Waals surface area contributed by atoms with Crippen LogP contribution in [0.15, 0.2) is 35.1 Å². The minimum absolute atomic E-state index is 0.126. The summed E-state index contributed by atoms with van der Waals surface area (Å²) in [5.41, 5.74) is 0. The lowest BCUT2D eigenvalue weighted by Gasteiger charge is -2.07. The average molecular weight is 343 g/mol. The lowest BCUT2D eigenvalue weighted by molar-refractivity contribution is -0.147. The van der Waals surface area contributed by atoms with Gasteiger partial charge in [0.05, 0.1) is 22.7 Å². The van der Waals surface area contributed by atoms with Crippen LogP contribution in [0.2, 0.25) is 10.0 Å². The summed E-state index contributed by atoms with van der Waals surface area (Å²) in [6.45, 7) is -0.419. The minimum atomic E-state index is -0.539. The number of carbonyl (C=O) groups excluding carboxylic acids is 2. The molecule has 1 N–H and O–H groups in total. The number of aromatic nitrogens is 1. The molecule has 2 aromatic heterocycles. The number of hydrogen-bond donors (Lipinski definition) is 1. The fourth-order valence-corrected chi connectivity index (χ4v) is 2.00. The largest absolute Gasteiger partial charge is 0.469 e. The highest BCUT2D eigenvalue weighted by Gasteiger charge is 2.11. The zero-order chi connectivity index (χ0) is 15.9. The third-order valence-corrected chi connectivity index (χ3v) is 3.08. The molecule has 1 amide bonds. The third-order valence-electron chi connectivity index (χ3n) is 2.59. The highest BCUT2D eigenvalue weighted by atomic mass is 35.5. The van der Waals surface area contributed by atoms with Crippen molar-refractivity contribution in [2.45, 2.75) is 12.8 Å². The van der Waals surface area contributed by atoms with E-state index in [0.29, 0.717) is 17.2 Å². The Morgan fingerprint density at radius 1 is 1.36 bits per heavy atom. The quantitative estimate of drug-likeness (QED) is 0.815. The minimum Gasteiger partial charge on any atom is -0.469 e. The number of aryl methyl sites for hydroxylation is 1. The molecule has 0 atom stereocenters. The van der Waals surface area contributed by atoms with Gasteiger partial charge < -0.3 is 14.5 Å². The van der Waals surface area contributed by atoms with Crippen molar-refractivity contribution < 1.29 is 18.7 Å². The van der Waals surface area contributed by atoms with E-state index in [9.17, 15) is 9.59 Å². The monoisotopic (exact) mass is 342 g/mol. The number of esters is 1. The van der Waals surface area contributed by atoms with Gasteiger partial charge in [-0.2, -0.15) is 0 Å². The van der Waals surface area contributed by atoms with Gasteiger partial charge in [0.1, 0.15) is 5.76 Å². The van der Waals surface area contributed by atoms with E-state index in [1.54, 1.807) is 12.1 Å². The predicted molar refractivity (Wildman–Crippen MR) is 80.9 cm³/mol.